The predicted molar refractivity (Wildman–Crippen MR) is 132 cm³/mol. The van der Waals surface area contributed by atoms with Crippen LogP contribution in [0.5, 0.6) is 0 Å². The zero-order valence-corrected chi connectivity index (χ0v) is 19.8. The smallest absolute Gasteiger partial charge is 0.317 e. The number of amides is 1. The standard InChI is InChI=1S/C26H35N5O3/c32-24(33)18-29-15-9-21(10-16-29)31-23-6-5-20(4-3-19-7-11-27-12-8-19)17-22(23)25(28-31)26(34)30-13-1-2-14-30/h3-6,17,19,21,27H,1-2,7-16,18H2,(H,32,33). The van der Waals surface area contributed by atoms with Gasteiger partial charge < -0.3 is 15.3 Å². The summed E-state index contributed by atoms with van der Waals surface area (Å²) in [6, 6.07) is 6.53. The Kier molecular flexibility index (Phi) is 6.97. The summed E-state index contributed by atoms with van der Waals surface area (Å²) in [5.41, 5.74) is 2.66. The molecule has 0 bridgehead atoms. The van der Waals surface area contributed by atoms with Gasteiger partial charge in [0.2, 0.25) is 0 Å². The number of piperidine rings is 2. The second-order valence-corrected chi connectivity index (χ2v) is 9.92. The van der Waals surface area contributed by atoms with Crippen molar-refractivity contribution in [2.45, 2.75) is 44.6 Å². The van der Waals surface area contributed by atoms with E-state index in [0.717, 1.165) is 94.3 Å². The molecule has 8 nitrogen and oxygen atoms in total. The van der Waals surface area contributed by atoms with E-state index in [1.54, 1.807) is 0 Å². The SMILES string of the molecule is O=C(O)CN1CCC(n2nc(C(=O)N3CCCC3)c3cc(C=CC4CCNCC4)ccc32)CC1. The molecule has 8 heteroatoms. The van der Waals surface area contributed by atoms with Crippen molar-refractivity contribution in [1.29, 1.82) is 0 Å². The number of nitrogens with one attached hydrogen (secondary N) is 1. The highest BCUT2D eigenvalue weighted by molar-refractivity contribution is 6.05. The van der Waals surface area contributed by atoms with Gasteiger partial charge in [0.1, 0.15) is 0 Å². The average molecular weight is 466 g/mol. The summed E-state index contributed by atoms with van der Waals surface area (Å²) in [5, 5.41) is 18.3. The quantitative estimate of drug-likeness (QED) is 0.682. The summed E-state index contributed by atoms with van der Waals surface area (Å²) in [5.74, 6) is -0.156. The number of rotatable bonds is 6. The maximum absolute atomic E-state index is 13.4. The van der Waals surface area contributed by atoms with Gasteiger partial charge in [0.25, 0.3) is 5.91 Å². The minimum Gasteiger partial charge on any atom is -0.480 e. The molecular weight excluding hydrogens is 430 g/mol. The van der Waals surface area contributed by atoms with Crippen LogP contribution in [-0.4, -0.2) is 82.4 Å². The van der Waals surface area contributed by atoms with Gasteiger partial charge in [-0.2, -0.15) is 5.10 Å². The number of carboxylic acids is 1. The van der Waals surface area contributed by atoms with Gasteiger partial charge in [0.05, 0.1) is 18.1 Å². The molecule has 34 heavy (non-hydrogen) atoms. The van der Waals surface area contributed by atoms with Crippen LogP contribution in [0.15, 0.2) is 24.3 Å². The maximum Gasteiger partial charge on any atom is 0.317 e. The molecule has 3 aliphatic rings. The number of aromatic nitrogens is 2. The molecule has 182 valence electrons. The minimum atomic E-state index is -0.786. The predicted octanol–water partition coefficient (Wildman–Crippen LogP) is 3.01. The number of aliphatic carboxylic acids is 1. The van der Waals surface area contributed by atoms with Crippen molar-refractivity contribution >= 4 is 28.9 Å². The van der Waals surface area contributed by atoms with Gasteiger partial charge in [-0.1, -0.05) is 18.2 Å². The van der Waals surface area contributed by atoms with E-state index in [2.05, 4.69) is 35.7 Å². The van der Waals surface area contributed by atoms with E-state index in [1.165, 1.54) is 0 Å². The molecule has 0 spiro atoms. The van der Waals surface area contributed by atoms with Crippen molar-refractivity contribution in [3.05, 3.63) is 35.5 Å². The topological polar surface area (TPSA) is 90.7 Å². The fourth-order valence-corrected chi connectivity index (χ4v) is 5.57. The van der Waals surface area contributed by atoms with E-state index in [1.807, 2.05) is 14.5 Å². The number of hydrogen-bond acceptors (Lipinski definition) is 5. The van der Waals surface area contributed by atoms with Gasteiger partial charge >= 0.3 is 5.97 Å². The lowest BCUT2D eigenvalue weighted by Gasteiger charge is -2.31. The lowest BCUT2D eigenvalue weighted by Crippen LogP contribution is -2.38. The molecular formula is C26H35N5O3. The minimum absolute atomic E-state index is 0.0315. The normalized spacial score (nSPS) is 21.1. The number of hydrogen-bond donors (Lipinski definition) is 2. The van der Waals surface area contributed by atoms with Crippen molar-refractivity contribution in [2.24, 2.45) is 5.92 Å². The van der Waals surface area contributed by atoms with Crippen molar-refractivity contribution in [3.63, 3.8) is 0 Å². The van der Waals surface area contributed by atoms with Crippen LogP contribution in [0.25, 0.3) is 17.0 Å². The van der Waals surface area contributed by atoms with E-state index in [9.17, 15) is 9.59 Å². The first-order chi connectivity index (χ1) is 16.6. The highest BCUT2D eigenvalue weighted by Gasteiger charge is 2.29. The third-order valence-corrected chi connectivity index (χ3v) is 7.53. The molecule has 0 saturated carbocycles. The number of likely N-dealkylation sites (tertiary alicyclic amines) is 2. The molecule has 4 heterocycles. The Morgan fingerprint density at radius 3 is 2.50 bits per heavy atom. The second kappa shape index (κ2) is 10.3. The lowest BCUT2D eigenvalue weighted by molar-refractivity contribution is -0.138. The summed E-state index contributed by atoms with van der Waals surface area (Å²) in [6.07, 6.45) is 10.6. The van der Waals surface area contributed by atoms with Gasteiger partial charge in [-0.3, -0.25) is 19.2 Å². The highest BCUT2D eigenvalue weighted by Crippen LogP contribution is 2.30. The van der Waals surface area contributed by atoms with E-state index < -0.39 is 5.97 Å². The number of carboxylic acid groups (broad SMARTS) is 1. The van der Waals surface area contributed by atoms with E-state index in [4.69, 9.17) is 10.2 Å². The summed E-state index contributed by atoms with van der Waals surface area (Å²) in [7, 11) is 0. The van der Waals surface area contributed by atoms with Gasteiger partial charge in [-0.25, -0.2) is 0 Å². The third-order valence-electron chi connectivity index (χ3n) is 7.53. The first-order valence-corrected chi connectivity index (χ1v) is 12.7. The van der Waals surface area contributed by atoms with Crippen LogP contribution in [0.4, 0.5) is 0 Å². The number of benzene rings is 1. The molecule has 0 aliphatic carbocycles. The van der Waals surface area contributed by atoms with Crippen molar-refractivity contribution in [2.75, 3.05) is 45.8 Å². The molecule has 1 amide bonds. The van der Waals surface area contributed by atoms with E-state index in [0.29, 0.717) is 11.6 Å². The largest absolute Gasteiger partial charge is 0.480 e. The fraction of sp³-hybridized carbons (Fsp3) is 0.577. The lowest BCUT2D eigenvalue weighted by atomic mass is 9.96. The van der Waals surface area contributed by atoms with Gasteiger partial charge in [0, 0.05) is 31.6 Å². The van der Waals surface area contributed by atoms with Crippen molar-refractivity contribution < 1.29 is 14.7 Å². The Morgan fingerprint density at radius 2 is 1.79 bits per heavy atom. The molecule has 1 aromatic carbocycles. The van der Waals surface area contributed by atoms with Gasteiger partial charge in [0.15, 0.2) is 5.69 Å². The molecule has 3 saturated heterocycles. The highest BCUT2D eigenvalue weighted by atomic mass is 16.4. The van der Waals surface area contributed by atoms with Crippen LogP contribution in [0.2, 0.25) is 0 Å². The number of allylic oxidation sites excluding steroid dienone is 1. The molecule has 0 unspecified atom stereocenters. The molecule has 5 rings (SSSR count). The Hall–Kier alpha value is -2.71. The van der Waals surface area contributed by atoms with Crippen LogP contribution >= 0.6 is 0 Å². The summed E-state index contributed by atoms with van der Waals surface area (Å²) in [6.45, 7) is 5.28. The molecule has 2 aromatic rings. The van der Waals surface area contributed by atoms with Crippen LogP contribution < -0.4 is 5.32 Å². The number of carbonyl (C=O) groups excluding carboxylic acids is 1. The number of nitrogens with zero attached hydrogens (tertiary/aromatic N) is 4. The van der Waals surface area contributed by atoms with Gasteiger partial charge in [-0.05, 0) is 75.2 Å². The number of fused-ring (bicyclic) bond motifs is 1. The monoisotopic (exact) mass is 465 g/mol. The molecule has 0 atom stereocenters. The van der Waals surface area contributed by atoms with Crippen molar-refractivity contribution in [3.8, 4) is 0 Å². The zero-order valence-electron chi connectivity index (χ0n) is 19.8. The zero-order chi connectivity index (χ0) is 23.5. The Bertz CT molecular complexity index is 1060. The second-order valence-electron chi connectivity index (χ2n) is 9.92. The van der Waals surface area contributed by atoms with E-state index in [-0.39, 0.29) is 18.5 Å². The Labute approximate surface area is 200 Å². The maximum atomic E-state index is 13.4. The third kappa shape index (κ3) is 5.03. The average Bonchev–Trinajstić information content (AvgIpc) is 3.52. The Morgan fingerprint density at radius 1 is 1.06 bits per heavy atom. The molecule has 2 N–H and O–H groups in total. The first-order valence-electron chi connectivity index (χ1n) is 12.7. The fourth-order valence-electron chi connectivity index (χ4n) is 5.57. The van der Waals surface area contributed by atoms with Crippen LogP contribution in [0.3, 0.4) is 0 Å². The molecule has 3 aliphatic heterocycles. The first kappa shape index (κ1) is 23.1. The molecule has 1 aromatic heterocycles. The number of carbonyl (C=O) groups is 2. The summed E-state index contributed by atoms with van der Waals surface area (Å²) in [4.78, 5) is 28.4. The molecule has 0 radical (unpaired) electrons. The van der Waals surface area contributed by atoms with Gasteiger partial charge in [-0.15, -0.1) is 0 Å². The Balaban J connectivity index is 1.43. The van der Waals surface area contributed by atoms with E-state index >= 15 is 0 Å². The summed E-state index contributed by atoms with van der Waals surface area (Å²) < 4.78 is 2.04. The van der Waals surface area contributed by atoms with Crippen LogP contribution in [0, 0.1) is 5.92 Å². The summed E-state index contributed by atoms with van der Waals surface area (Å²) >= 11 is 0. The van der Waals surface area contributed by atoms with Crippen LogP contribution in [0.1, 0.15) is 60.6 Å². The van der Waals surface area contributed by atoms with Crippen LogP contribution in [-0.2, 0) is 4.79 Å². The van der Waals surface area contributed by atoms with Crippen molar-refractivity contribution in [1.82, 2.24) is 24.9 Å². The molecule has 3 fully saturated rings.